The summed E-state index contributed by atoms with van der Waals surface area (Å²) in [7, 11) is 0. The van der Waals surface area contributed by atoms with Crippen molar-refractivity contribution >= 4 is 5.78 Å². The Kier molecular flexibility index (Phi) is 4.84. The minimum atomic E-state index is -3.69. The number of H-pyrrole nitrogens is 1. The summed E-state index contributed by atoms with van der Waals surface area (Å²) >= 11 is 0. The van der Waals surface area contributed by atoms with Gasteiger partial charge in [0.1, 0.15) is 5.78 Å². The van der Waals surface area contributed by atoms with E-state index >= 15 is 0 Å². The van der Waals surface area contributed by atoms with Crippen LogP contribution in [-0.2, 0) is 23.1 Å². The van der Waals surface area contributed by atoms with Gasteiger partial charge < -0.3 is 14.5 Å². The molecular formula is C25H24F2N2O4. The predicted octanol–water partition coefficient (Wildman–Crippen LogP) is 4.72. The Balaban J connectivity index is 0.00000274. The molecule has 1 aromatic carbocycles. The molecule has 0 atom stereocenters. The number of hydrogen-bond donors (Lipinski definition) is 1. The lowest BCUT2D eigenvalue weighted by Gasteiger charge is -2.16. The van der Waals surface area contributed by atoms with E-state index in [1.807, 2.05) is 32.0 Å². The van der Waals surface area contributed by atoms with Crippen LogP contribution in [0.15, 0.2) is 47.4 Å². The van der Waals surface area contributed by atoms with E-state index in [1.165, 1.54) is 12.1 Å². The van der Waals surface area contributed by atoms with Gasteiger partial charge in [-0.2, -0.15) is 0 Å². The number of halogens is 2. The molecule has 33 heavy (non-hydrogen) atoms. The number of carbonyl (C=O) groups is 1. The molecule has 0 unspecified atom stereocenters. The Morgan fingerprint density at radius 3 is 2.64 bits per heavy atom. The van der Waals surface area contributed by atoms with Gasteiger partial charge in [0.05, 0.1) is 11.1 Å². The summed E-state index contributed by atoms with van der Waals surface area (Å²) in [5.74, 6) is -0.118. The van der Waals surface area contributed by atoms with Gasteiger partial charge in [0.15, 0.2) is 11.5 Å². The van der Waals surface area contributed by atoms with Gasteiger partial charge in [-0.05, 0) is 61.6 Å². The molecule has 1 aliphatic heterocycles. The van der Waals surface area contributed by atoms with Crippen LogP contribution in [0.2, 0.25) is 0 Å². The number of hydrogen-bond acceptors (Lipinski definition) is 5. The molecule has 1 N–H and O–H groups in total. The molecule has 3 aromatic rings. The van der Waals surface area contributed by atoms with Crippen LogP contribution < -0.4 is 15.0 Å². The predicted molar refractivity (Wildman–Crippen MR) is 119 cm³/mol. The zero-order valence-electron chi connectivity index (χ0n) is 18.2. The van der Waals surface area contributed by atoms with E-state index in [1.54, 1.807) is 12.3 Å². The average Bonchev–Trinajstić information content (AvgIpc) is 3.52. The second-order valence-electron chi connectivity index (χ2n) is 8.58. The highest BCUT2D eigenvalue weighted by atomic mass is 19.3. The lowest BCUT2D eigenvalue weighted by molar-refractivity contribution is -0.286. The lowest BCUT2D eigenvalue weighted by atomic mass is 9.88. The second-order valence-corrected chi connectivity index (χ2v) is 8.58. The first-order valence-corrected chi connectivity index (χ1v) is 10.8. The van der Waals surface area contributed by atoms with E-state index in [2.05, 4.69) is 14.5 Å². The van der Waals surface area contributed by atoms with Crippen LogP contribution in [-0.4, -0.2) is 22.0 Å². The first-order chi connectivity index (χ1) is 15.7. The molecule has 2 aliphatic rings. The van der Waals surface area contributed by atoms with Crippen molar-refractivity contribution < 1.29 is 24.5 Å². The maximum atomic E-state index is 13.4. The fraction of sp³-hybridized carbons (Fsp3) is 0.320. The summed E-state index contributed by atoms with van der Waals surface area (Å²) in [4.78, 5) is 32.7. The number of benzene rings is 1. The van der Waals surface area contributed by atoms with Crippen LogP contribution in [0.25, 0.3) is 11.3 Å². The number of aryl methyl sites for hydroxylation is 2. The Morgan fingerprint density at radius 2 is 1.91 bits per heavy atom. The number of aromatic amines is 1. The van der Waals surface area contributed by atoms with Crippen molar-refractivity contribution in [3.63, 3.8) is 0 Å². The molecule has 3 heterocycles. The highest BCUT2D eigenvalue weighted by Crippen LogP contribution is 2.52. The molecule has 8 heteroatoms. The average molecular weight is 454 g/mol. The van der Waals surface area contributed by atoms with Crippen molar-refractivity contribution in [3.05, 3.63) is 75.3 Å². The minimum Gasteiger partial charge on any atom is -0.395 e. The van der Waals surface area contributed by atoms with Crippen LogP contribution in [0, 0.1) is 6.92 Å². The number of ketones is 1. The summed E-state index contributed by atoms with van der Waals surface area (Å²) in [6, 6.07) is 10.1. The number of pyridine rings is 2. The third-order valence-electron chi connectivity index (χ3n) is 6.37. The number of rotatable bonds is 6. The summed E-state index contributed by atoms with van der Waals surface area (Å²) < 4.78 is 35.7. The molecule has 0 radical (unpaired) electrons. The van der Waals surface area contributed by atoms with Crippen molar-refractivity contribution in [1.82, 2.24) is 9.97 Å². The molecule has 0 saturated heterocycles. The number of aromatic nitrogens is 2. The maximum Gasteiger partial charge on any atom is 0.586 e. The number of carbonyl (C=O) groups excluding carboxylic acids is 1. The molecule has 2 aromatic heterocycles. The number of ether oxygens (including phenoxy) is 2. The molecule has 6 nitrogen and oxygen atoms in total. The summed E-state index contributed by atoms with van der Waals surface area (Å²) in [6.07, 6.45) is -0.0660. The van der Waals surface area contributed by atoms with E-state index in [4.69, 9.17) is 4.98 Å². The fourth-order valence-corrected chi connectivity index (χ4v) is 4.32. The lowest BCUT2D eigenvalue weighted by Crippen LogP contribution is -2.26. The van der Waals surface area contributed by atoms with Crippen molar-refractivity contribution in [2.45, 2.75) is 51.2 Å². The van der Waals surface area contributed by atoms with Crippen molar-refractivity contribution in [1.29, 1.82) is 0 Å². The summed E-state index contributed by atoms with van der Waals surface area (Å²) in [6.45, 7) is 3.84. The van der Waals surface area contributed by atoms with E-state index < -0.39 is 11.7 Å². The van der Waals surface area contributed by atoms with Gasteiger partial charge in [0, 0.05) is 30.9 Å². The Labute approximate surface area is 190 Å². The smallest absolute Gasteiger partial charge is 0.395 e. The quantitative estimate of drug-likeness (QED) is 0.583. The van der Waals surface area contributed by atoms with E-state index in [-0.39, 0.29) is 30.7 Å². The van der Waals surface area contributed by atoms with Gasteiger partial charge >= 0.3 is 6.29 Å². The van der Waals surface area contributed by atoms with Gasteiger partial charge in [-0.25, -0.2) is 0 Å². The normalized spacial score (nSPS) is 17.1. The number of fused-ring (bicyclic) bond motifs is 1. The topological polar surface area (TPSA) is 81.3 Å². The highest BCUT2D eigenvalue weighted by molar-refractivity contribution is 5.94. The Morgan fingerprint density at radius 1 is 1.15 bits per heavy atom. The molecule has 1 aliphatic carbocycles. The van der Waals surface area contributed by atoms with Crippen LogP contribution >= 0.6 is 0 Å². The van der Waals surface area contributed by atoms with Crippen LogP contribution in [0.3, 0.4) is 0 Å². The number of nitrogens with zero attached hydrogens (tertiary/aromatic N) is 1. The molecular weight excluding hydrogens is 430 g/mol. The van der Waals surface area contributed by atoms with Crippen molar-refractivity contribution in [3.8, 4) is 22.8 Å². The van der Waals surface area contributed by atoms with Crippen molar-refractivity contribution in [2.24, 2.45) is 0 Å². The van der Waals surface area contributed by atoms with Crippen LogP contribution in [0.5, 0.6) is 11.5 Å². The van der Waals surface area contributed by atoms with Crippen molar-refractivity contribution in [2.75, 3.05) is 0 Å². The first-order valence-electron chi connectivity index (χ1n) is 10.8. The highest BCUT2D eigenvalue weighted by Gasteiger charge is 2.52. The Hall–Kier alpha value is -3.55. The van der Waals surface area contributed by atoms with E-state index in [9.17, 15) is 18.4 Å². The van der Waals surface area contributed by atoms with Gasteiger partial charge in [-0.3, -0.25) is 14.6 Å². The third kappa shape index (κ3) is 3.79. The van der Waals surface area contributed by atoms with Gasteiger partial charge in [0.25, 0.3) is 5.56 Å². The van der Waals surface area contributed by atoms with Crippen LogP contribution in [0.1, 0.15) is 43.6 Å². The summed E-state index contributed by atoms with van der Waals surface area (Å²) in [5.41, 5.74) is 3.51. The standard InChI is InChI=1S/C25H22F2N2O4.H2/c1-3-15-10-16(13-28-23(15)31)22-14(2)4-6-18(29-22)12-21(30)24(8-9-24)17-5-7-19-20(11-17)33-25(26,27)32-19;/h4-7,10-11,13H,3,8-9,12H2,1-2H3,(H,28,31);1H. The number of nitrogens with one attached hydrogen (secondary N) is 1. The largest absolute Gasteiger partial charge is 0.586 e. The van der Waals surface area contributed by atoms with E-state index in [0.717, 1.165) is 11.1 Å². The monoisotopic (exact) mass is 454 g/mol. The first kappa shape index (κ1) is 21.3. The second kappa shape index (κ2) is 7.50. The zero-order valence-corrected chi connectivity index (χ0v) is 18.2. The SMILES string of the molecule is CCc1cc(-c2nc(CC(=O)C3(c4ccc5c(c4)OC(F)(F)O5)CC3)ccc2C)c[nH]c1=O.[HH]. The Bertz CT molecular complexity index is 1330. The van der Waals surface area contributed by atoms with E-state index in [0.29, 0.717) is 41.8 Å². The molecule has 0 bridgehead atoms. The van der Waals surface area contributed by atoms with Gasteiger partial charge in [-0.1, -0.05) is 19.1 Å². The minimum absolute atomic E-state index is 0. The molecule has 1 fully saturated rings. The fourth-order valence-electron chi connectivity index (χ4n) is 4.32. The molecule has 0 spiro atoms. The number of Topliss-reactive ketones (excluding diaryl/α,β-unsaturated/α-hetero) is 1. The molecule has 0 amide bonds. The van der Waals surface area contributed by atoms with Gasteiger partial charge in [0.2, 0.25) is 0 Å². The third-order valence-corrected chi connectivity index (χ3v) is 6.37. The zero-order chi connectivity index (χ0) is 23.4. The number of alkyl halides is 2. The summed E-state index contributed by atoms with van der Waals surface area (Å²) in [5, 5.41) is 0. The van der Waals surface area contributed by atoms with Crippen LogP contribution in [0.4, 0.5) is 8.78 Å². The molecule has 5 rings (SSSR count). The molecule has 172 valence electrons. The maximum absolute atomic E-state index is 13.4. The van der Waals surface area contributed by atoms with Gasteiger partial charge in [-0.15, -0.1) is 8.78 Å². The molecule has 1 saturated carbocycles.